The van der Waals surface area contributed by atoms with Crippen LogP contribution < -0.4 is 19.6 Å². The van der Waals surface area contributed by atoms with Crippen LogP contribution in [0.15, 0.2) is 35.4 Å². The molecule has 1 amide bonds. The number of fused-ring (bicyclic) bond motifs is 1. The Bertz CT molecular complexity index is 822. The summed E-state index contributed by atoms with van der Waals surface area (Å²) < 4.78 is 15.4. The van der Waals surface area contributed by atoms with Crippen molar-refractivity contribution < 1.29 is 24.1 Å². The Morgan fingerprint density at radius 2 is 2.12 bits per heavy atom. The second kappa shape index (κ2) is 6.67. The van der Waals surface area contributed by atoms with Gasteiger partial charge in [0, 0.05) is 5.56 Å². The fourth-order valence-corrected chi connectivity index (χ4v) is 2.31. The molecule has 0 saturated heterocycles. The van der Waals surface area contributed by atoms with Crippen molar-refractivity contribution in [2.24, 2.45) is 5.10 Å². The van der Waals surface area contributed by atoms with E-state index in [0.29, 0.717) is 22.6 Å². The molecule has 1 aliphatic rings. The number of benzene rings is 2. The summed E-state index contributed by atoms with van der Waals surface area (Å²) in [5, 5.41) is 13.7. The Labute approximate surface area is 142 Å². The number of phenolic OH excluding ortho intramolecular Hbond substituents is 1. The van der Waals surface area contributed by atoms with E-state index in [2.05, 4.69) is 10.5 Å². The predicted molar refractivity (Wildman–Crippen MR) is 87.3 cm³/mol. The van der Waals surface area contributed by atoms with Crippen LogP contribution in [0.3, 0.4) is 0 Å². The molecule has 0 aliphatic carbocycles. The van der Waals surface area contributed by atoms with E-state index in [9.17, 15) is 9.90 Å². The molecule has 0 unspecified atom stereocenters. The molecule has 0 radical (unpaired) electrons. The van der Waals surface area contributed by atoms with Gasteiger partial charge in [-0.2, -0.15) is 5.10 Å². The number of hydrazone groups is 1. The number of rotatable bonds is 4. The molecule has 7 nitrogen and oxygen atoms in total. The number of amides is 1. The number of methoxy groups -OCH3 is 1. The summed E-state index contributed by atoms with van der Waals surface area (Å²) in [5.74, 6) is 0.774. The van der Waals surface area contributed by atoms with Crippen LogP contribution >= 0.6 is 11.6 Å². The highest BCUT2D eigenvalue weighted by molar-refractivity contribution is 6.32. The molecule has 0 bridgehead atoms. The van der Waals surface area contributed by atoms with Crippen LogP contribution in [-0.4, -0.2) is 31.1 Å². The average molecular weight is 349 g/mol. The second-order valence-electron chi connectivity index (χ2n) is 4.82. The van der Waals surface area contributed by atoms with E-state index in [4.69, 9.17) is 25.8 Å². The smallest absolute Gasteiger partial charge is 0.271 e. The van der Waals surface area contributed by atoms with Gasteiger partial charge >= 0.3 is 0 Å². The zero-order valence-corrected chi connectivity index (χ0v) is 13.3. The van der Waals surface area contributed by atoms with Gasteiger partial charge in [0.05, 0.1) is 18.3 Å². The number of carbonyl (C=O) groups excluding carboxylic acids is 1. The lowest BCUT2D eigenvalue weighted by atomic mass is 10.2. The van der Waals surface area contributed by atoms with Gasteiger partial charge in [-0.1, -0.05) is 11.6 Å². The van der Waals surface area contributed by atoms with Gasteiger partial charge < -0.3 is 19.3 Å². The summed E-state index contributed by atoms with van der Waals surface area (Å²) in [6.45, 7) is 0.141. The SMILES string of the molecule is COc1cc(C=NNC(=O)c2ccc3c(c2)OCO3)cc(Cl)c1O. The maximum atomic E-state index is 12.1. The van der Waals surface area contributed by atoms with Gasteiger partial charge in [-0.25, -0.2) is 5.43 Å². The molecule has 0 atom stereocenters. The maximum absolute atomic E-state index is 12.1. The molecule has 0 aromatic heterocycles. The Balaban J connectivity index is 1.70. The van der Waals surface area contributed by atoms with Gasteiger partial charge in [-0.3, -0.25) is 4.79 Å². The Morgan fingerprint density at radius 3 is 2.92 bits per heavy atom. The average Bonchev–Trinajstić information content (AvgIpc) is 3.05. The first-order valence-corrected chi connectivity index (χ1v) is 7.26. The van der Waals surface area contributed by atoms with Crippen molar-refractivity contribution in [3.05, 3.63) is 46.5 Å². The molecule has 2 N–H and O–H groups in total. The quantitative estimate of drug-likeness (QED) is 0.654. The van der Waals surface area contributed by atoms with Gasteiger partial charge in [0.1, 0.15) is 0 Å². The van der Waals surface area contributed by atoms with Crippen LogP contribution in [0.4, 0.5) is 0 Å². The minimum atomic E-state index is -0.401. The summed E-state index contributed by atoms with van der Waals surface area (Å²) in [5.41, 5.74) is 3.34. The number of hydrogen-bond acceptors (Lipinski definition) is 6. The number of halogens is 1. The van der Waals surface area contributed by atoms with Crippen LogP contribution in [0.2, 0.25) is 5.02 Å². The normalized spacial score (nSPS) is 12.4. The van der Waals surface area contributed by atoms with E-state index >= 15 is 0 Å². The number of phenols is 1. The van der Waals surface area contributed by atoms with Crippen LogP contribution in [0.1, 0.15) is 15.9 Å². The summed E-state index contributed by atoms with van der Waals surface area (Å²) in [6.07, 6.45) is 1.39. The lowest BCUT2D eigenvalue weighted by molar-refractivity contribution is 0.0954. The van der Waals surface area contributed by atoms with Crippen molar-refractivity contribution in [1.29, 1.82) is 0 Å². The van der Waals surface area contributed by atoms with E-state index in [-0.39, 0.29) is 23.3 Å². The van der Waals surface area contributed by atoms with E-state index in [0.717, 1.165) is 0 Å². The molecule has 3 rings (SSSR count). The highest BCUT2D eigenvalue weighted by Crippen LogP contribution is 2.34. The van der Waals surface area contributed by atoms with Crippen LogP contribution in [0.5, 0.6) is 23.0 Å². The van der Waals surface area contributed by atoms with Crippen LogP contribution in [0.25, 0.3) is 0 Å². The summed E-state index contributed by atoms with van der Waals surface area (Å²) in [4.78, 5) is 12.1. The first-order valence-electron chi connectivity index (χ1n) is 6.88. The molecular formula is C16H13ClN2O5. The molecule has 0 fully saturated rings. The van der Waals surface area contributed by atoms with Crippen molar-refractivity contribution in [3.8, 4) is 23.0 Å². The van der Waals surface area contributed by atoms with Crippen LogP contribution in [0, 0.1) is 0 Å². The fourth-order valence-electron chi connectivity index (χ4n) is 2.09. The van der Waals surface area contributed by atoms with Gasteiger partial charge in [-0.15, -0.1) is 0 Å². The Morgan fingerprint density at radius 1 is 1.33 bits per heavy atom. The Kier molecular flexibility index (Phi) is 4.43. The minimum Gasteiger partial charge on any atom is -0.503 e. The van der Waals surface area contributed by atoms with E-state index in [1.807, 2.05) is 0 Å². The largest absolute Gasteiger partial charge is 0.503 e. The lowest BCUT2D eigenvalue weighted by Gasteiger charge is -2.06. The van der Waals surface area contributed by atoms with Crippen molar-refractivity contribution in [2.75, 3.05) is 13.9 Å². The molecule has 1 aliphatic heterocycles. The number of aromatic hydroxyl groups is 1. The highest BCUT2D eigenvalue weighted by atomic mass is 35.5. The van der Waals surface area contributed by atoms with Gasteiger partial charge in [0.2, 0.25) is 6.79 Å². The number of nitrogens with one attached hydrogen (secondary N) is 1. The molecule has 24 heavy (non-hydrogen) atoms. The van der Waals surface area contributed by atoms with E-state index in [1.54, 1.807) is 18.2 Å². The van der Waals surface area contributed by atoms with Crippen molar-refractivity contribution in [2.45, 2.75) is 0 Å². The number of carbonyl (C=O) groups is 1. The second-order valence-corrected chi connectivity index (χ2v) is 5.23. The van der Waals surface area contributed by atoms with Crippen LogP contribution in [-0.2, 0) is 0 Å². The monoisotopic (exact) mass is 348 g/mol. The number of nitrogens with zero attached hydrogens (tertiary/aromatic N) is 1. The number of hydrogen-bond donors (Lipinski definition) is 2. The molecule has 0 spiro atoms. The van der Waals surface area contributed by atoms with E-state index in [1.165, 1.54) is 25.5 Å². The van der Waals surface area contributed by atoms with Gasteiger partial charge in [0.15, 0.2) is 23.0 Å². The minimum absolute atomic E-state index is 0.123. The standard InChI is InChI=1S/C16H13ClN2O5/c1-22-14-5-9(4-11(17)15(14)20)7-18-19-16(21)10-2-3-12-13(6-10)24-8-23-12/h2-7,20H,8H2,1H3,(H,19,21). The summed E-state index contributed by atoms with van der Waals surface area (Å²) in [7, 11) is 1.41. The molecule has 2 aromatic rings. The van der Waals surface area contributed by atoms with Crippen molar-refractivity contribution in [1.82, 2.24) is 5.43 Å². The molecule has 2 aromatic carbocycles. The van der Waals surface area contributed by atoms with Gasteiger partial charge in [-0.05, 0) is 35.9 Å². The van der Waals surface area contributed by atoms with Gasteiger partial charge in [0.25, 0.3) is 5.91 Å². The fraction of sp³-hybridized carbons (Fsp3) is 0.125. The third-order valence-corrected chi connectivity index (χ3v) is 3.57. The first-order chi connectivity index (χ1) is 11.6. The zero-order chi connectivity index (χ0) is 17.1. The summed E-state index contributed by atoms with van der Waals surface area (Å²) in [6, 6.07) is 7.88. The zero-order valence-electron chi connectivity index (χ0n) is 12.6. The van der Waals surface area contributed by atoms with E-state index < -0.39 is 5.91 Å². The third-order valence-electron chi connectivity index (χ3n) is 3.29. The molecular weight excluding hydrogens is 336 g/mol. The Hall–Kier alpha value is -2.93. The first kappa shape index (κ1) is 15.9. The number of ether oxygens (including phenoxy) is 3. The molecule has 8 heteroatoms. The molecule has 0 saturated carbocycles. The molecule has 124 valence electrons. The third kappa shape index (κ3) is 3.21. The van der Waals surface area contributed by atoms with Crippen molar-refractivity contribution >= 4 is 23.7 Å². The predicted octanol–water partition coefficient (Wildman–Crippen LogP) is 2.55. The highest BCUT2D eigenvalue weighted by Gasteiger charge is 2.16. The lowest BCUT2D eigenvalue weighted by Crippen LogP contribution is -2.17. The maximum Gasteiger partial charge on any atom is 0.271 e. The van der Waals surface area contributed by atoms with Crippen molar-refractivity contribution in [3.63, 3.8) is 0 Å². The summed E-state index contributed by atoms with van der Waals surface area (Å²) >= 11 is 5.88. The topological polar surface area (TPSA) is 89.4 Å². The molecule has 1 heterocycles.